The zero-order chi connectivity index (χ0) is 25.9. The molecule has 10 nitrogen and oxygen atoms in total. The molecule has 0 aliphatic rings. The molecule has 0 bridgehead atoms. The van der Waals surface area contributed by atoms with E-state index >= 15 is 0 Å². The lowest BCUT2D eigenvalue weighted by molar-refractivity contribution is 0.225. The molecule has 4 heterocycles. The fourth-order valence-corrected chi connectivity index (χ4v) is 3.46. The van der Waals surface area contributed by atoms with Gasteiger partial charge in [0.05, 0.1) is 23.2 Å². The summed E-state index contributed by atoms with van der Waals surface area (Å²) < 4.78 is 13.4. The first-order chi connectivity index (χ1) is 17.2. The summed E-state index contributed by atoms with van der Waals surface area (Å²) in [6.45, 7) is 9.20. The third-order valence-corrected chi connectivity index (χ3v) is 5.21. The second kappa shape index (κ2) is 9.88. The number of nitrogens with one attached hydrogen (secondary N) is 1. The summed E-state index contributed by atoms with van der Waals surface area (Å²) in [5.41, 5.74) is 2.59. The van der Waals surface area contributed by atoms with Crippen LogP contribution in [0.3, 0.4) is 0 Å². The van der Waals surface area contributed by atoms with Crippen molar-refractivity contribution in [1.29, 1.82) is 10.5 Å². The molecule has 0 unspecified atom stereocenters. The third-order valence-electron chi connectivity index (χ3n) is 5.21. The van der Waals surface area contributed by atoms with Crippen LogP contribution in [-0.4, -0.2) is 37.3 Å². The van der Waals surface area contributed by atoms with Crippen LogP contribution in [-0.2, 0) is 0 Å². The molecule has 1 atom stereocenters. The van der Waals surface area contributed by atoms with Crippen molar-refractivity contribution in [3.8, 4) is 34.9 Å². The van der Waals surface area contributed by atoms with E-state index < -0.39 is 11.5 Å². The number of rotatable bonds is 8. The molecule has 182 valence electrons. The van der Waals surface area contributed by atoms with Crippen molar-refractivity contribution in [2.24, 2.45) is 5.41 Å². The Morgan fingerprint density at radius 2 is 1.92 bits per heavy atom. The van der Waals surface area contributed by atoms with Gasteiger partial charge in [-0.1, -0.05) is 0 Å². The van der Waals surface area contributed by atoms with Crippen LogP contribution >= 0.6 is 0 Å². The Morgan fingerprint density at radius 3 is 2.64 bits per heavy atom. The summed E-state index contributed by atoms with van der Waals surface area (Å²) in [5.74, 6) is 2.79. The van der Waals surface area contributed by atoms with Gasteiger partial charge in [-0.15, -0.1) is 0 Å². The molecular formula is C26H26N8O2. The SMILES string of the molecule is Cc1cc(Nc2cc3cc(-c4cc(O[C@@H](C)C#N)ncc4OCC(C)(C)C#N)ccn3n2)nc(C)n1. The van der Waals surface area contributed by atoms with Crippen LogP contribution in [0.25, 0.3) is 16.6 Å². The number of aryl methyl sites for hydroxylation is 2. The van der Waals surface area contributed by atoms with Crippen LogP contribution in [0.5, 0.6) is 11.6 Å². The second-order valence-corrected chi connectivity index (χ2v) is 9.07. The van der Waals surface area contributed by atoms with Gasteiger partial charge in [0, 0.05) is 35.7 Å². The molecule has 0 fully saturated rings. The minimum Gasteiger partial charge on any atom is -0.490 e. The van der Waals surface area contributed by atoms with E-state index in [1.54, 1.807) is 37.5 Å². The van der Waals surface area contributed by atoms with E-state index in [1.165, 1.54) is 0 Å². The molecule has 10 heteroatoms. The number of ether oxygens (including phenoxy) is 2. The highest BCUT2D eigenvalue weighted by Crippen LogP contribution is 2.34. The summed E-state index contributed by atoms with van der Waals surface area (Å²) in [6, 6.07) is 13.6. The normalized spacial score (nSPS) is 12.0. The molecule has 0 saturated heterocycles. The average Bonchev–Trinajstić information content (AvgIpc) is 3.23. The van der Waals surface area contributed by atoms with E-state index in [9.17, 15) is 5.26 Å². The fraction of sp³-hybridized carbons (Fsp3) is 0.308. The van der Waals surface area contributed by atoms with Gasteiger partial charge in [-0.25, -0.2) is 19.5 Å². The molecule has 4 rings (SSSR count). The Labute approximate surface area is 209 Å². The van der Waals surface area contributed by atoms with E-state index in [-0.39, 0.29) is 6.61 Å². The fourth-order valence-electron chi connectivity index (χ4n) is 3.46. The van der Waals surface area contributed by atoms with Crippen molar-refractivity contribution < 1.29 is 9.47 Å². The number of nitriles is 2. The number of aromatic nitrogens is 5. The Balaban J connectivity index is 1.69. The van der Waals surface area contributed by atoms with Crippen LogP contribution in [0.1, 0.15) is 32.3 Å². The number of fused-ring (bicyclic) bond motifs is 1. The van der Waals surface area contributed by atoms with Gasteiger partial charge in [0.15, 0.2) is 11.9 Å². The van der Waals surface area contributed by atoms with Crippen molar-refractivity contribution in [3.05, 3.63) is 54.2 Å². The van der Waals surface area contributed by atoms with Gasteiger partial charge >= 0.3 is 0 Å². The summed E-state index contributed by atoms with van der Waals surface area (Å²) in [4.78, 5) is 13.0. The standard InChI is InChI=1S/C26H26N8O2/c1-16-8-23(31-18(3)30-16)32-24-10-20-9-19(6-7-34(20)33-24)21-11-25(36-17(2)12-27)29-13-22(21)35-15-26(4,5)14-28/h6-11,13,17H,15H2,1-5H3,(H,30,31,32,33)/t17-/m0/s1. The monoisotopic (exact) mass is 482 g/mol. The Morgan fingerprint density at radius 1 is 1.11 bits per heavy atom. The first kappa shape index (κ1) is 24.4. The molecule has 1 N–H and O–H groups in total. The number of hydrogen-bond acceptors (Lipinski definition) is 9. The van der Waals surface area contributed by atoms with Gasteiger partial charge in [0.1, 0.15) is 30.1 Å². The van der Waals surface area contributed by atoms with E-state index in [1.807, 2.05) is 50.4 Å². The predicted molar refractivity (Wildman–Crippen MR) is 134 cm³/mol. The minimum absolute atomic E-state index is 0.188. The number of hydrogen-bond donors (Lipinski definition) is 1. The lowest BCUT2D eigenvalue weighted by Crippen LogP contribution is -2.19. The zero-order valence-corrected chi connectivity index (χ0v) is 20.8. The number of pyridine rings is 2. The molecule has 4 aromatic heterocycles. The maximum atomic E-state index is 9.37. The third kappa shape index (κ3) is 5.68. The molecule has 0 radical (unpaired) electrons. The minimum atomic E-state index is -0.671. The number of anilines is 2. The molecule has 0 saturated carbocycles. The van der Waals surface area contributed by atoms with Crippen LogP contribution in [0.4, 0.5) is 11.6 Å². The number of nitrogens with zero attached hydrogens (tertiary/aromatic N) is 7. The smallest absolute Gasteiger partial charge is 0.215 e. The predicted octanol–water partition coefficient (Wildman–Crippen LogP) is 4.77. The zero-order valence-electron chi connectivity index (χ0n) is 20.8. The van der Waals surface area contributed by atoms with Gasteiger partial charge in [-0.3, -0.25) is 0 Å². The van der Waals surface area contributed by atoms with Crippen molar-refractivity contribution >= 4 is 17.2 Å². The highest BCUT2D eigenvalue weighted by atomic mass is 16.5. The van der Waals surface area contributed by atoms with Gasteiger partial charge in [0.2, 0.25) is 5.88 Å². The molecule has 36 heavy (non-hydrogen) atoms. The van der Waals surface area contributed by atoms with Crippen LogP contribution in [0.2, 0.25) is 0 Å². The van der Waals surface area contributed by atoms with E-state index in [0.717, 1.165) is 22.3 Å². The topological polar surface area (TPSA) is 134 Å². The van der Waals surface area contributed by atoms with E-state index in [0.29, 0.717) is 29.1 Å². The largest absolute Gasteiger partial charge is 0.490 e. The van der Waals surface area contributed by atoms with Crippen molar-refractivity contribution in [1.82, 2.24) is 24.6 Å². The molecule has 0 spiro atoms. The quantitative estimate of drug-likeness (QED) is 0.377. The van der Waals surface area contributed by atoms with Crippen LogP contribution in [0, 0.1) is 41.9 Å². The van der Waals surface area contributed by atoms with Crippen molar-refractivity contribution in [2.75, 3.05) is 11.9 Å². The van der Waals surface area contributed by atoms with E-state index in [2.05, 4.69) is 31.4 Å². The van der Waals surface area contributed by atoms with Crippen molar-refractivity contribution in [3.63, 3.8) is 0 Å². The first-order valence-electron chi connectivity index (χ1n) is 11.4. The molecule has 0 aromatic carbocycles. The van der Waals surface area contributed by atoms with Gasteiger partial charge in [0.25, 0.3) is 0 Å². The molecule has 0 aliphatic heterocycles. The van der Waals surface area contributed by atoms with Gasteiger partial charge in [-0.05, 0) is 52.3 Å². The Bertz CT molecular complexity index is 1480. The maximum absolute atomic E-state index is 9.37. The van der Waals surface area contributed by atoms with Crippen molar-refractivity contribution in [2.45, 2.75) is 40.7 Å². The Hall–Kier alpha value is -4.70. The van der Waals surface area contributed by atoms with Crippen LogP contribution in [0.15, 0.2) is 42.7 Å². The lowest BCUT2D eigenvalue weighted by Gasteiger charge is -2.19. The second-order valence-electron chi connectivity index (χ2n) is 9.07. The average molecular weight is 483 g/mol. The molecular weight excluding hydrogens is 456 g/mol. The summed E-state index contributed by atoms with van der Waals surface area (Å²) in [5, 5.41) is 26.3. The molecule has 0 aliphatic carbocycles. The Kier molecular flexibility index (Phi) is 6.71. The van der Waals surface area contributed by atoms with Gasteiger partial charge in [-0.2, -0.15) is 15.6 Å². The first-order valence-corrected chi connectivity index (χ1v) is 11.4. The highest BCUT2D eigenvalue weighted by molar-refractivity contribution is 5.75. The highest BCUT2D eigenvalue weighted by Gasteiger charge is 2.20. The molecule has 0 amide bonds. The van der Waals surface area contributed by atoms with E-state index in [4.69, 9.17) is 14.7 Å². The summed E-state index contributed by atoms with van der Waals surface area (Å²) in [7, 11) is 0. The molecule has 4 aromatic rings. The van der Waals surface area contributed by atoms with Gasteiger partial charge < -0.3 is 14.8 Å². The summed E-state index contributed by atoms with van der Waals surface area (Å²) >= 11 is 0. The lowest BCUT2D eigenvalue weighted by atomic mass is 9.97. The maximum Gasteiger partial charge on any atom is 0.215 e. The van der Waals surface area contributed by atoms with Crippen LogP contribution < -0.4 is 14.8 Å². The summed E-state index contributed by atoms with van der Waals surface area (Å²) in [6.07, 6.45) is 2.73.